The number of halogens is 1. The van der Waals surface area contributed by atoms with Gasteiger partial charge in [-0.1, -0.05) is 18.2 Å². The van der Waals surface area contributed by atoms with Gasteiger partial charge >= 0.3 is 0 Å². The summed E-state index contributed by atoms with van der Waals surface area (Å²) in [4.78, 5) is 2.32. The molecule has 0 amide bonds. The van der Waals surface area contributed by atoms with Crippen LogP contribution in [0.4, 0.5) is 10.1 Å². The Hall–Kier alpha value is -1.87. The van der Waals surface area contributed by atoms with Crippen molar-refractivity contribution >= 4 is 5.69 Å². The third-order valence-electron chi connectivity index (χ3n) is 4.29. The van der Waals surface area contributed by atoms with E-state index in [1.165, 1.54) is 22.9 Å². The summed E-state index contributed by atoms with van der Waals surface area (Å²) in [6.07, 6.45) is 1.03. The minimum Gasteiger partial charge on any atom is -0.367 e. The lowest BCUT2D eigenvalue weighted by atomic mass is 10.0. The van der Waals surface area contributed by atoms with Gasteiger partial charge in [-0.15, -0.1) is 0 Å². The highest BCUT2D eigenvalue weighted by atomic mass is 19.1. The second-order valence-corrected chi connectivity index (χ2v) is 5.92. The fourth-order valence-electron chi connectivity index (χ4n) is 2.95. The predicted octanol–water partition coefficient (Wildman–Crippen LogP) is 3.72. The van der Waals surface area contributed by atoms with E-state index < -0.39 is 0 Å². The summed E-state index contributed by atoms with van der Waals surface area (Å²) >= 11 is 0. The first-order valence-electron chi connectivity index (χ1n) is 7.43. The Labute approximate surface area is 125 Å². The molecule has 1 aliphatic heterocycles. The summed E-state index contributed by atoms with van der Waals surface area (Å²) < 4.78 is 13.4. The first-order chi connectivity index (χ1) is 10.0. The van der Waals surface area contributed by atoms with Crippen LogP contribution in [0.1, 0.15) is 35.2 Å². The van der Waals surface area contributed by atoms with Crippen molar-refractivity contribution in [3.63, 3.8) is 0 Å². The molecular weight excluding hydrogens is 263 g/mol. The summed E-state index contributed by atoms with van der Waals surface area (Å²) in [6, 6.07) is 11.5. The van der Waals surface area contributed by atoms with Gasteiger partial charge in [0, 0.05) is 24.8 Å². The zero-order valence-corrected chi connectivity index (χ0v) is 12.6. The lowest BCUT2D eigenvalue weighted by Crippen LogP contribution is -2.20. The summed E-state index contributed by atoms with van der Waals surface area (Å²) in [5, 5.41) is 0. The summed E-state index contributed by atoms with van der Waals surface area (Å²) in [7, 11) is 0. The molecule has 3 heteroatoms. The van der Waals surface area contributed by atoms with E-state index in [2.05, 4.69) is 23.1 Å². The lowest BCUT2D eigenvalue weighted by Gasteiger charge is -2.21. The van der Waals surface area contributed by atoms with E-state index >= 15 is 0 Å². The molecule has 1 heterocycles. The molecular formula is C18H21FN2. The fraction of sp³-hybridized carbons (Fsp3) is 0.333. The van der Waals surface area contributed by atoms with E-state index in [9.17, 15) is 4.39 Å². The maximum atomic E-state index is 13.4. The number of fused-ring (bicyclic) bond motifs is 1. The third-order valence-corrected chi connectivity index (χ3v) is 4.29. The Kier molecular flexibility index (Phi) is 3.68. The van der Waals surface area contributed by atoms with E-state index in [0.29, 0.717) is 0 Å². The molecule has 0 fully saturated rings. The van der Waals surface area contributed by atoms with Gasteiger partial charge in [0.25, 0.3) is 0 Å². The van der Waals surface area contributed by atoms with Crippen molar-refractivity contribution in [1.29, 1.82) is 0 Å². The van der Waals surface area contributed by atoms with Crippen LogP contribution in [-0.2, 0) is 13.0 Å². The topological polar surface area (TPSA) is 29.3 Å². The Bertz CT molecular complexity index is 664. The number of nitrogens with two attached hydrogens (primary N) is 1. The van der Waals surface area contributed by atoms with E-state index in [-0.39, 0.29) is 11.9 Å². The number of anilines is 1. The molecule has 2 nitrogen and oxygen atoms in total. The minimum absolute atomic E-state index is 0.0646. The number of aryl methyl sites for hydroxylation is 1. The highest BCUT2D eigenvalue weighted by Gasteiger charge is 2.20. The maximum Gasteiger partial charge on any atom is 0.123 e. The van der Waals surface area contributed by atoms with Crippen LogP contribution in [0, 0.1) is 12.7 Å². The van der Waals surface area contributed by atoms with Gasteiger partial charge in [-0.05, 0) is 60.7 Å². The normalized spacial score (nSPS) is 15.1. The Morgan fingerprint density at radius 3 is 2.81 bits per heavy atom. The van der Waals surface area contributed by atoms with Crippen molar-refractivity contribution in [3.05, 3.63) is 64.5 Å². The first kappa shape index (κ1) is 14.1. The van der Waals surface area contributed by atoms with Crippen LogP contribution in [-0.4, -0.2) is 6.54 Å². The molecule has 1 atom stereocenters. The minimum atomic E-state index is -0.165. The molecule has 2 aromatic carbocycles. The van der Waals surface area contributed by atoms with Gasteiger partial charge < -0.3 is 10.6 Å². The first-order valence-corrected chi connectivity index (χ1v) is 7.43. The van der Waals surface area contributed by atoms with Crippen LogP contribution in [0.15, 0.2) is 36.4 Å². The smallest absolute Gasteiger partial charge is 0.123 e. The van der Waals surface area contributed by atoms with Gasteiger partial charge in [0.1, 0.15) is 5.82 Å². The lowest BCUT2D eigenvalue weighted by molar-refractivity contribution is 0.624. The van der Waals surface area contributed by atoms with Crippen LogP contribution in [0.25, 0.3) is 0 Å². The Morgan fingerprint density at radius 2 is 2.05 bits per heavy atom. The van der Waals surface area contributed by atoms with Gasteiger partial charge in [-0.2, -0.15) is 0 Å². The predicted molar refractivity (Wildman–Crippen MR) is 84.9 cm³/mol. The Balaban J connectivity index is 1.86. The highest BCUT2D eigenvalue weighted by molar-refractivity contribution is 5.59. The van der Waals surface area contributed by atoms with Gasteiger partial charge in [0.2, 0.25) is 0 Å². The van der Waals surface area contributed by atoms with Crippen LogP contribution >= 0.6 is 0 Å². The third kappa shape index (κ3) is 2.79. The van der Waals surface area contributed by atoms with Crippen LogP contribution < -0.4 is 10.6 Å². The summed E-state index contributed by atoms with van der Waals surface area (Å²) in [5.74, 6) is -0.165. The van der Waals surface area contributed by atoms with Crippen molar-refractivity contribution in [1.82, 2.24) is 0 Å². The van der Waals surface area contributed by atoms with Crippen LogP contribution in [0.3, 0.4) is 0 Å². The van der Waals surface area contributed by atoms with Crippen molar-refractivity contribution in [3.8, 4) is 0 Å². The highest BCUT2D eigenvalue weighted by Crippen LogP contribution is 2.31. The van der Waals surface area contributed by atoms with E-state index in [1.807, 2.05) is 19.9 Å². The van der Waals surface area contributed by atoms with E-state index in [4.69, 9.17) is 5.73 Å². The maximum absolute atomic E-state index is 13.4. The summed E-state index contributed by atoms with van der Waals surface area (Å²) in [5.41, 5.74) is 11.9. The second-order valence-electron chi connectivity index (χ2n) is 5.92. The zero-order valence-electron chi connectivity index (χ0n) is 12.6. The number of hydrogen-bond donors (Lipinski definition) is 1. The monoisotopic (exact) mass is 284 g/mol. The quantitative estimate of drug-likeness (QED) is 0.931. The van der Waals surface area contributed by atoms with Crippen LogP contribution in [0.2, 0.25) is 0 Å². The van der Waals surface area contributed by atoms with Crippen molar-refractivity contribution < 1.29 is 4.39 Å². The average molecular weight is 284 g/mol. The van der Waals surface area contributed by atoms with E-state index in [1.54, 1.807) is 6.07 Å². The standard InChI is InChI=1S/C18H21FN2/c1-12-3-5-17(19)10-16(12)11-21-8-7-15-9-14(13(2)20)4-6-18(15)21/h3-6,9-10,13H,7-8,11,20H2,1-2H3. The van der Waals surface area contributed by atoms with Gasteiger partial charge in [0.05, 0.1) is 0 Å². The molecule has 0 bridgehead atoms. The van der Waals surface area contributed by atoms with Crippen LogP contribution in [0.5, 0.6) is 0 Å². The molecule has 0 aliphatic carbocycles. The molecule has 0 saturated carbocycles. The van der Waals surface area contributed by atoms with Crippen molar-refractivity contribution in [2.24, 2.45) is 5.73 Å². The molecule has 2 aromatic rings. The number of nitrogens with zero attached hydrogens (tertiary/aromatic N) is 1. The second kappa shape index (κ2) is 5.49. The number of hydrogen-bond acceptors (Lipinski definition) is 2. The fourth-order valence-corrected chi connectivity index (χ4v) is 2.95. The molecule has 0 aromatic heterocycles. The van der Waals surface area contributed by atoms with Gasteiger partial charge in [-0.3, -0.25) is 0 Å². The van der Waals surface area contributed by atoms with Crippen molar-refractivity contribution in [2.45, 2.75) is 32.9 Å². The number of benzene rings is 2. The van der Waals surface area contributed by atoms with Gasteiger partial charge in [-0.25, -0.2) is 4.39 Å². The SMILES string of the molecule is Cc1ccc(F)cc1CN1CCc2cc(C(C)N)ccc21. The Morgan fingerprint density at radius 1 is 1.24 bits per heavy atom. The molecule has 0 radical (unpaired) electrons. The molecule has 0 saturated heterocycles. The molecule has 2 N–H and O–H groups in total. The molecule has 21 heavy (non-hydrogen) atoms. The van der Waals surface area contributed by atoms with E-state index in [0.717, 1.165) is 30.6 Å². The molecule has 3 rings (SSSR count). The molecule has 1 aliphatic rings. The average Bonchev–Trinajstić information content (AvgIpc) is 2.85. The molecule has 0 spiro atoms. The molecule has 1 unspecified atom stereocenters. The molecule has 110 valence electrons. The van der Waals surface area contributed by atoms with Crippen molar-refractivity contribution in [2.75, 3.05) is 11.4 Å². The number of rotatable bonds is 3. The van der Waals surface area contributed by atoms with Gasteiger partial charge in [0.15, 0.2) is 0 Å². The zero-order chi connectivity index (χ0) is 15.0. The summed E-state index contributed by atoms with van der Waals surface area (Å²) in [6.45, 7) is 5.78. The largest absolute Gasteiger partial charge is 0.367 e.